The Morgan fingerprint density at radius 3 is 2.69 bits per heavy atom. The van der Waals surface area contributed by atoms with Crippen molar-refractivity contribution in [3.8, 4) is 0 Å². The third kappa shape index (κ3) is 6.35. The summed E-state index contributed by atoms with van der Waals surface area (Å²) in [6.07, 6.45) is 2.67. The first-order valence-electron chi connectivity index (χ1n) is 5.80. The molecule has 0 bridgehead atoms. The van der Waals surface area contributed by atoms with Gasteiger partial charge in [-0.25, -0.2) is 0 Å². The molecular formula is C11H24N2O2S. The molecule has 0 aliphatic rings. The predicted octanol–water partition coefficient (Wildman–Crippen LogP) is 0.736. The van der Waals surface area contributed by atoms with Gasteiger partial charge in [-0.05, 0) is 38.5 Å². The summed E-state index contributed by atoms with van der Waals surface area (Å²) in [6, 6.07) is 0. The Hall–Kier alpha value is -0.260. The topological polar surface area (TPSA) is 75.3 Å². The van der Waals surface area contributed by atoms with Crippen LogP contribution in [0.3, 0.4) is 0 Å². The van der Waals surface area contributed by atoms with Crippen molar-refractivity contribution in [1.82, 2.24) is 5.32 Å². The number of thioether (sulfide) groups is 1. The van der Waals surface area contributed by atoms with Gasteiger partial charge in [0.1, 0.15) is 0 Å². The number of hydrogen-bond acceptors (Lipinski definition) is 4. The van der Waals surface area contributed by atoms with E-state index < -0.39 is 5.54 Å². The lowest BCUT2D eigenvalue weighted by Crippen LogP contribution is -2.53. The Morgan fingerprint density at radius 2 is 2.19 bits per heavy atom. The molecule has 1 amide bonds. The second-order valence-electron chi connectivity index (χ2n) is 4.06. The Bertz CT molecular complexity index is 202. The molecule has 0 saturated heterocycles. The molecule has 0 radical (unpaired) electrons. The summed E-state index contributed by atoms with van der Waals surface area (Å²) in [4.78, 5) is 11.4. The van der Waals surface area contributed by atoms with Gasteiger partial charge in [0.2, 0.25) is 5.91 Å². The number of hydrogen-bond donors (Lipinski definition) is 3. The van der Waals surface area contributed by atoms with Crippen LogP contribution >= 0.6 is 11.8 Å². The average Bonchev–Trinajstić information content (AvgIpc) is 2.26. The first-order chi connectivity index (χ1) is 7.56. The lowest BCUT2D eigenvalue weighted by atomic mass is 9.95. The van der Waals surface area contributed by atoms with Crippen molar-refractivity contribution in [3.05, 3.63) is 0 Å². The number of rotatable bonds is 10. The van der Waals surface area contributed by atoms with E-state index in [-0.39, 0.29) is 12.5 Å². The van der Waals surface area contributed by atoms with E-state index in [1.54, 1.807) is 11.8 Å². The monoisotopic (exact) mass is 248 g/mol. The molecule has 1 atom stereocenters. The van der Waals surface area contributed by atoms with Gasteiger partial charge in [0.25, 0.3) is 0 Å². The molecule has 0 aliphatic heterocycles. The molecule has 96 valence electrons. The zero-order valence-corrected chi connectivity index (χ0v) is 11.1. The fourth-order valence-corrected chi connectivity index (χ4v) is 2.08. The average molecular weight is 248 g/mol. The molecule has 4 N–H and O–H groups in total. The lowest BCUT2D eigenvalue weighted by Gasteiger charge is -2.27. The van der Waals surface area contributed by atoms with Gasteiger partial charge in [0.15, 0.2) is 0 Å². The van der Waals surface area contributed by atoms with Gasteiger partial charge in [0.05, 0.1) is 12.1 Å². The minimum atomic E-state index is -0.588. The van der Waals surface area contributed by atoms with Gasteiger partial charge in [-0.3, -0.25) is 4.79 Å². The van der Waals surface area contributed by atoms with Crippen molar-refractivity contribution >= 4 is 17.7 Å². The number of carbonyl (C=O) groups excluding carboxylic acids is 1. The first-order valence-corrected chi connectivity index (χ1v) is 6.96. The third-order valence-corrected chi connectivity index (χ3v) is 3.56. The molecule has 0 aromatic rings. The van der Waals surface area contributed by atoms with E-state index in [1.165, 1.54) is 0 Å². The largest absolute Gasteiger partial charge is 0.396 e. The molecule has 0 spiro atoms. The molecule has 5 heteroatoms. The number of amides is 1. The number of carbonyl (C=O) groups is 1. The van der Waals surface area contributed by atoms with Gasteiger partial charge in [-0.1, -0.05) is 6.92 Å². The molecule has 0 aromatic carbocycles. The predicted molar refractivity (Wildman–Crippen MR) is 69.5 cm³/mol. The number of primary amides is 1. The maximum Gasteiger partial charge on any atom is 0.237 e. The van der Waals surface area contributed by atoms with Gasteiger partial charge in [-0.2, -0.15) is 11.8 Å². The van der Waals surface area contributed by atoms with Gasteiger partial charge in [-0.15, -0.1) is 0 Å². The quantitative estimate of drug-likeness (QED) is 0.498. The van der Waals surface area contributed by atoms with E-state index in [0.717, 1.165) is 37.3 Å². The van der Waals surface area contributed by atoms with Crippen LogP contribution in [0.4, 0.5) is 0 Å². The van der Waals surface area contributed by atoms with Crippen LogP contribution in [0.15, 0.2) is 0 Å². The van der Waals surface area contributed by atoms with Crippen LogP contribution in [0.2, 0.25) is 0 Å². The molecule has 0 saturated carbocycles. The standard InChI is InChI=1S/C11H24N2O2S/c1-3-6-13-11(2,10(12)15)5-4-8-16-9-7-14/h13-14H,3-9H2,1-2H3,(H2,12,15). The fraction of sp³-hybridized carbons (Fsp3) is 0.909. The Balaban J connectivity index is 3.88. The van der Waals surface area contributed by atoms with Crippen molar-refractivity contribution in [1.29, 1.82) is 0 Å². The summed E-state index contributed by atoms with van der Waals surface area (Å²) in [5, 5.41) is 11.8. The van der Waals surface area contributed by atoms with E-state index in [1.807, 2.05) is 6.92 Å². The lowest BCUT2D eigenvalue weighted by molar-refractivity contribution is -0.124. The molecular weight excluding hydrogens is 224 g/mol. The van der Waals surface area contributed by atoms with E-state index >= 15 is 0 Å². The summed E-state index contributed by atoms with van der Waals surface area (Å²) in [6.45, 7) is 4.95. The van der Waals surface area contributed by atoms with Crippen LogP contribution in [-0.2, 0) is 4.79 Å². The Labute approximate surface area is 102 Å². The molecule has 0 fully saturated rings. The van der Waals surface area contributed by atoms with Crippen LogP contribution in [-0.4, -0.2) is 41.2 Å². The van der Waals surface area contributed by atoms with Gasteiger partial charge < -0.3 is 16.2 Å². The van der Waals surface area contributed by atoms with E-state index in [2.05, 4.69) is 12.2 Å². The molecule has 0 aromatic heterocycles. The smallest absolute Gasteiger partial charge is 0.237 e. The van der Waals surface area contributed by atoms with Crippen molar-refractivity contribution in [2.75, 3.05) is 24.7 Å². The van der Waals surface area contributed by atoms with Gasteiger partial charge >= 0.3 is 0 Å². The summed E-state index contributed by atoms with van der Waals surface area (Å²) in [7, 11) is 0. The zero-order chi connectivity index (χ0) is 12.4. The normalized spacial score (nSPS) is 14.7. The molecule has 0 rings (SSSR count). The van der Waals surface area contributed by atoms with Crippen LogP contribution in [0.1, 0.15) is 33.1 Å². The fourth-order valence-electron chi connectivity index (χ4n) is 1.39. The van der Waals surface area contributed by atoms with Crippen LogP contribution in [0, 0.1) is 0 Å². The maximum absolute atomic E-state index is 11.4. The number of aliphatic hydroxyl groups excluding tert-OH is 1. The zero-order valence-electron chi connectivity index (χ0n) is 10.3. The van der Waals surface area contributed by atoms with Crippen LogP contribution in [0.25, 0.3) is 0 Å². The summed E-state index contributed by atoms with van der Waals surface area (Å²) >= 11 is 1.70. The summed E-state index contributed by atoms with van der Waals surface area (Å²) in [5.74, 6) is 1.43. The minimum absolute atomic E-state index is 0.214. The van der Waals surface area contributed by atoms with E-state index in [9.17, 15) is 4.79 Å². The minimum Gasteiger partial charge on any atom is -0.396 e. The molecule has 16 heavy (non-hydrogen) atoms. The van der Waals surface area contributed by atoms with E-state index in [4.69, 9.17) is 10.8 Å². The number of nitrogens with two attached hydrogens (primary N) is 1. The number of aliphatic hydroxyl groups is 1. The van der Waals surface area contributed by atoms with Crippen LogP contribution in [0.5, 0.6) is 0 Å². The van der Waals surface area contributed by atoms with Crippen molar-refractivity contribution in [2.45, 2.75) is 38.6 Å². The summed E-state index contributed by atoms with van der Waals surface area (Å²) in [5.41, 5.74) is 4.82. The highest BCUT2D eigenvalue weighted by Gasteiger charge is 2.29. The SMILES string of the molecule is CCCNC(C)(CCCSCCO)C(N)=O. The van der Waals surface area contributed by atoms with Gasteiger partial charge in [0, 0.05) is 5.75 Å². The molecule has 1 unspecified atom stereocenters. The first kappa shape index (κ1) is 15.7. The second kappa shape index (κ2) is 8.84. The highest BCUT2D eigenvalue weighted by atomic mass is 32.2. The van der Waals surface area contributed by atoms with Crippen molar-refractivity contribution in [2.24, 2.45) is 5.73 Å². The summed E-state index contributed by atoms with van der Waals surface area (Å²) < 4.78 is 0. The van der Waals surface area contributed by atoms with Crippen molar-refractivity contribution in [3.63, 3.8) is 0 Å². The van der Waals surface area contributed by atoms with E-state index in [0.29, 0.717) is 0 Å². The highest BCUT2D eigenvalue weighted by Crippen LogP contribution is 2.14. The second-order valence-corrected chi connectivity index (χ2v) is 5.29. The Morgan fingerprint density at radius 1 is 1.50 bits per heavy atom. The maximum atomic E-state index is 11.4. The van der Waals surface area contributed by atoms with Crippen LogP contribution < -0.4 is 11.1 Å². The molecule has 4 nitrogen and oxygen atoms in total. The number of nitrogens with one attached hydrogen (secondary N) is 1. The van der Waals surface area contributed by atoms with Crippen molar-refractivity contribution < 1.29 is 9.90 Å². The molecule has 0 heterocycles. The Kier molecular flexibility index (Phi) is 8.70. The third-order valence-electron chi connectivity index (χ3n) is 2.51. The molecule has 0 aliphatic carbocycles. The highest BCUT2D eigenvalue weighted by molar-refractivity contribution is 7.99.